The van der Waals surface area contributed by atoms with Crippen LogP contribution in [0.3, 0.4) is 0 Å². The van der Waals surface area contributed by atoms with Crippen LogP contribution in [-0.2, 0) is 14.8 Å². The summed E-state index contributed by atoms with van der Waals surface area (Å²) in [6.07, 6.45) is 2.15. The minimum absolute atomic E-state index is 0.00612. The molecule has 4 N–H and O–H groups in total. The zero-order valence-corrected chi connectivity index (χ0v) is 16.2. The number of amides is 1. The number of methoxy groups -OCH3 is 2. The maximum absolute atomic E-state index is 12.4. The van der Waals surface area contributed by atoms with Gasteiger partial charge in [0.05, 0.1) is 24.7 Å². The van der Waals surface area contributed by atoms with Crippen LogP contribution in [0, 0.1) is 5.92 Å². The van der Waals surface area contributed by atoms with Gasteiger partial charge in [-0.05, 0) is 37.8 Å². The number of benzene rings is 1. The molecule has 1 saturated carbocycles. The van der Waals surface area contributed by atoms with Crippen molar-refractivity contribution in [1.82, 2.24) is 10.0 Å². The smallest absolute Gasteiger partial charge is 0.240 e. The van der Waals surface area contributed by atoms with Crippen LogP contribution >= 0.6 is 0 Å². The van der Waals surface area contributed by atoms with Crippen LogP contribution in [0.25, 0.3) is 0 Å². The van der Waals surface area contributed by atoms with Crippen LogP contribution in [0.15, 0.2) is 23.1 Å². The molecule has 1 aliphatic carbocycles. The fraction of sp³-hybridized carbons (Fsp3) is 0.588. The van der Waals surface area contributed by atoms with E-state index in [2.05, 4.69) is 10.0 Å². The third kappa shape index (κ3) is 4.87. The lowest BCUT2D eigenvalue weighted by Crippen LogP contribution is -2.53. The van der Waals surface area contributed by atoms with Gasteiger partial charge in [0.15, 0.2) is 11.5 Å². The second-order valence-electron chi connectivity index (χ2n) is 6.61. The van der Waals surface area contributed by atoms with Crippen LogP contribution < -0.4 is 25.2 Å². The number of hydrogen-bond acceptors (Lipinski definition) is 6. The van der Waals surface area contributed by atoms with Crippen molar-refractivity contribution in [2.45, 2.75) is 36.6 Å². The summed E-state index contributed by atoms with van der Waals surface area (Å²) in [7, 11) is -0.854. The van der Waals surface area contributed by atoms with Crippen molar-refractivity contribution in [2.24, 2.45) is 11.7 Å². The van der Waals surface area contributed by atoms with Gasteiger partial charge in [-0.15, -0.1) is 0 Å². The summed E-state index contributed by atoms with van der Waals surface area (Å²) in [5.41, 5.74) is 5.36. The van der Waals surface area contributed by atoms with Gasteiger partial charge in [-0.1, -0.05) is 0 Å². The number of nitrogens with two attached hydrogens (primary N) is 1. The minimum Gasteiger partial charge on any atom is -0.493 e. The van der Waals surface area contributed by atoms with E-state index in [9.17, 15) is 13.2 Å². The summed E-state index contributed by atoms with van der Waals surface area (Å²) in [6.45, 7) is 2.28. The summed E-state index contributed by atoms with van der Waals surface area (Å²) >= 11 is 0. The first-order valence-corrected chi connectivity index (χ1v) is 9.97. The Kier molecular flexibility index (Phi) is 6.48. The number of rotatable bonds is 10. The first kappa shape index (κ1) is 20.5. The number of carbonyl (C=O) groups is 1. The van der Waals surface area contributed by atoms with Gasteiger partial charge in [-0.2, -0.15) is 0 Å². The van der Waals surface area contributed by atoms with E-state index < -0.39 is 15.6 Å². The Balaban J connectivity index is 1.92. The lowest BCUT2D eigenvalue weighted by atomic mass is 9.96. The molecule has 1 atom stereocenters. The average molecular weight is 385 g/mol. The van der Waals surface area contributed by atoms with Crippen LogP contribution in [0.5, 0.6) is 11.5 Å². The number of sulfonamides is 1. The van der Waals surface area contributed by atoms with Gasteiger partial charge in [0.25, 0.3) is 0 Å². The lowest BCUT2D eigenvalue weighted by molar-refractivity contribution is -0.122. The molecule has 2 rings (SSSR count). The highest BCUT2D eigenvalue weighted by atomic mass is 32.2. The van der Waals surface area contributed by atoms with Gasteiger partial charge in [-0.25, -0.2) is 13.1 Å². The van der Waals surface area contributed by atoms with E-state index in [0.29, 0.717) is 24.0 Å². The zero-order valence-electron chi connectivity index (χ0n) is 15.4. The van der Waals surface area contributed by atoms with Gasteiger partial charge in [0.2, 0.25) is 15.9 Å². The zero-order chi connectivity index (χ0) is 19.4. The highest BCUT2D eigenvalue weighted by Gasteiger charge is 2.41. The summed E-state index contributed by atoms with van der Waals surface area (Å²) < 4.78 is 37.4. The Hall–Kier alpha value is -1.84. The maximum Gasteiger partial charge on any atom is 0.240 e. The van der Waals surface area contributed by atoms with Gasteiger partial charge < -0.3 is 20.5 Å². The highest BCUT2D eigenvalue weighted by Crippen LogP contribution is 2.39. The van der Waals surface area contributed by atoms with Crippen LogP contribution in [0.1, 0.15) is 26.2 Å². The molecular weight excluding hydrogens is 358 g/mol. The van der Waals surface area contributed by atoms with E-state index in [0.717, 1.165) is 12.8 Å². The standard InChI is InChI=1S/C17H27N3O5S/c1-17(11-18,12-4-5-12)20-16(21)8-9-19-26(22,23)13-6-7-14(24-2)15(10-13)25-3/h6-7,10,12,19H,4-5,8-9,11,18H2,1-3H3,(H,20,21). The quantitative estimate of drug-likeness (QED) is 0.543. The molecule has 0 heterocycles. The van der Waals surface area contributed by atoms with Gasteiger partial charge in [-0.3, -0.25) is 4.79 Å². The van der Waals surface area contributed by atoms with Crippen molar-refractivity contribution in [3.8, 4) is 11.5 Å². The molecule has 0 spiro atoms. The molecule has 1 amide bonds. The average Bonchev–Trinajstić information content (AvgIpc) is 3.46. The van der Waals surface area contributed by atoms with Crippen molar-refractivity contribution in [2.75, 3.05) is 27.3 Å². The highest BCUT2D eigenvalue weighted by molar-refractivity contribution is 7.89. The molecule has 0 aliphatic heterocycles. The molecule has 0 bridgehead atoms. The topological polar surface area (TPSA) is 120 Å². The largest absolute Gasteiger partial charge is 0.493 e. The lowest BCUT2D eigenvalue weighted by Gasteiger charge is -2.29. The van der Waals surface area contributed by atoms with Gasteiger partial charge >= 0.3 is 0 Å². The second kappa shape index (κ2) is 8.24. The normalized spacial score (nSPS) is 16.6. The van der Waals surface area contributed by atoms with E-state index in [1.165, 1.54) is 32.4 Å². The molecule has 146 valence electrons. The monoisotopic (exact) mass is 385 g/mol. The van der Waals surface area contributed by atoms with Crippen LogP contribution in [-0.4, -0.2) is 47.2 Å². The van der Waals surface area contributed by atoms with Crippen molar-refractivity contribution >= 4 is 15.9 Å². The molecule has 8 nitrogen and oxygen atoms in total. The molecule has 1 fully saturated rings. The Morgan fingerprint density at radius 3 is 2.46 bits per heavy atom. The molecular formula is C17H27N3O5S. The SMILES string of the molecule is COc1ccc(S(=O)(=O)NCCC(=O)NC(C)(CN)C2CC2)cc1OC. The Morgan fingerprint density at radius 1 is 1.27 bits per heavy atom. The fourth-order valence-electron chi connectivity index (χ4n) is 2.79. The molecule has 26 heavy (non-hydrogen) atoms. The molecule has 1 aromatic carbocycles. The van der Waals surface area contributed by atoms with E-state index >= 15 is 0 Å². The van der Waals surface area contributed by atoms with Crippen molar-refractivity contribution in [3.05, 3.63) is 18.2 Å². The third-order valence-corrected chi connectivity index (χ3v) is 6.10. The Bertz CT molecular complexity index is 749. The summed E-state index contributed by atoms with van der Waals surface area (Å²) in [4.78, 5) is 12.2. The van der Waals surface area contributed by atoms with Crippen molar-refractivity contribution in [1.29, 1.82) is 0 Å². The van der Waals surface area contributed by atoms with E-state index in [4.69, 9.17) is 15.2 Å². The van der Waals surface area contributed by atoms with Crippen LogP contribution in [0.2, 0.25) is 0 Å². The van der Waals surface area contributed by atoms with Gasteiger partial charge in [0, 0.05) is 25.6 Å². The molecule has 0 aromatic heterocycles. The number of nitrogens with one attached hydrogen (secondary N) is 2. The first-order valence-electron chi connectivity index (χ1n) is 8.48. The predicted molar refractivity (Wildman–Crippen MR) is 97.7 cm³/mol. The molecule has 1 unspecified atom stereocenters. The predicted octanol–water partition coefficient (Wildman–Crippen LogP) is 0.616. The van der Waals surface area contributed by atoms with Crippen molar-refractivity contribution in [3.63, 3.8) is 0 Å². The third-order valence-electron chi connectivity index (χ3n) is 4.64. The Morgan fingerprint density at radius 2 is 1.92 bits per heavy atom. The second-order valence-corrected chi connectivity index (χ2v) is 8.38. The van der Waals surface area contributed by atoms with E-state index in [-0.39, 0.29) is 23.8 Å². The fourth-order valence-corrected chi connectivity index (χ4v) is 3.83. The van der Waals surface area contributed by atoms with E-state index in [1.54, 1.807) is 0 Å². The minimum atomic E-state index is -3.76. The summed E-state index contributed by atoms with van der Waals surface area (Å²) in [5, 5.41) is 2.93. The number of hydrogen-bond donors (Lipinski definition) is 3. The molecule has 1 aromatic rings. The first-order chi connectivity index (χ1) is 12.3. The van der Waals surface area contributed by atoms with Crippen LogP contribution in [0.4, 0.5) is 0 Å². The van der Waals surface area contributed by atoms with Crippen molar-refractivity contribution < 1.29 is 22.7 Å². The number of carbonyl (C=O) groups excluding carboxylic acids is 1. The number of ether oxygens (including phenoxy) is 2. The molecule has 9 heteroatoms. The Labute approximate surface area is 154 Å². The van der Waals surface area contributed by atoms with E-state index in [1.807, 2.05) is 6.92 Å². The summed E-state index contributed by atoms with van der Waals surface area (Å²) in [5.74, 6) is 0.933. The maximum atomic E-state index is 12.4. The molecule has 1 aliphatic rings. The van der Waals surface area contributed by atoms with Gasteiger partial charge in [0.1, 0.15) is 0 Å². The summed E-state index contributed by atoms with van der Waals surface area (Å²) in [6, 6.07) is 4.31. The molecule has 0 saturated heterocycles. The molecule has 0 radical (unpaired) electrons.